The minimum atomic E-state index is -3.44. The number of hydrogen-bond donors (Lipinski definition) is 1. The number of halogens is 2. The van der Waals surface area contributed by atoms with Gasteiger partial charge in [0.1, 0.15) is 41.0 Å². The van der Waals surface area contributed by atoms with E-state index >= 15 is 0 Å². The van der Waals surface area contributed by atoms with Crippen molar-refractivity contribution < 1.29 is 27.2 Å². The summed E-state index contributed by atoms with van der Waals surface area (Å²) in [6.07, 6.45) is 4.52. The highest BCUT2D eigenvalue weighted by Crippen LogP contribution is 2.37. The average molecular weight is 569 g/mol. The Labute approximate surface area is 231 Å². The third-order valence-electron chi connectivity index (χ3n) is 6.75. The summed E-state index contributed by atoms with van der Waals surface area (Å²) in [6, 6.07) is 8.28. The lowest BCUT2D eigenvalue weighted by Crippen LogP contribution is -2.39. The Morgan fingerprint density at radius 2 is 1.93 bits per heavy atom. The van der Waals surface area contributed by atoms with Crippen LogP contribution < -0.4 is 14.2 Å². The molecule has 8 nitrogen and oxygen atoms in total. The fraction of sp³-hybridized carbons (Fsp3) is 0.310. The molecule has 1 aliphatic heterocycles. The van der Waals surface area contributed by atoms with Crippen molar-refractivity contribution in [2.45, 2.75) is 50.2 Å². The van der Waals surface area contributed by atoms with Crippen LogP contribution in [0.4, 0.5) is 14.5 Å². The Hall–Kier alpha value is -3.83. The Morgan fingerprint density at radius 3 is 2.65 bits per heavy atom. The molecule has 0 amide bonds. The molecule has 11 heteroatoms. The predicted molar refractivity (Wildman–Crippen MR) is 151 cm³/mol. The number of aromatic nitrogens is 3. The molecule has 1 fully saturated rings. The highest BCUT2D eigenvalue weighted by molar-refractivity contribution is 8.01. The highest BCUT2D eigenvalue weighted by Gasteiger charge is 2.30. The second-order valence-electron chi connectivity index (χ2n) is 10.3. The largest absolute Gasteiger partial charge is 0.488 e. The van der Waals surface area contributed by atoms with E-state index in [0.717, 1.165) is 41.6 Å². The van der Waals surface area contributed by atoms with E-state index in [1.165, 1.54) is 13.4 Å². The Bertz CT molecular complexity index is 1700. The number of methoxy groups -OCH3 is 1. The second kappa shape index (κ2) is 10.6. The molecule has 1 N–H and O–H groups in total. The highest BCUT2D eigenvalue weighted by atomic mass is 32.2. The van der Waals surface area contributed by atoms with Crippen LogP contribution >= 0.6 is 0 Å². The van der Waals surface area contributed by atoms with Crippen molar-refractivity contribution >= 4 is 32.2 Å². The summed E-state index contributed by atoms with van der Waals surface area (Å²) >= 11 is 0. The normalized spacial score (nSPS) is 18.2. The number of benzene rings is 2. The van der Waals surface area contributed by atoms with E-state index in [2.05, 4.69) is 25.5 Å². The van der Waals surface area contributed by atoms with Gasteiger partial charge in [-0.05, 0) is 62.5 Å². The minimum absolute atomic E-state index is 0.0647. The first kappa shape index (κ1) is 27.7. The van der Waals surface area contributed by atoms with Gasteiger partial charge in [-0.25, -0.2) is 27.9 Å². The van der Waals surface area contributed by atoms with E-state index in [1.807, 2.05) is 32.9 Å². The third-order valence-corrected chi connectivity index (χ3v) is 8.34. The quantitative estimate of drug-likeness (QED) is 0.285. The van der Waals surface area contributed by atoms with Gasteiger partial charge in [-0.3, -0.25) is 0 Å². The molecule has 40 heavy (non-hydrogen) atoms. The minimum Gasteiger partial charge on any atom is -0.488 e. The van der Waals surface area contributed by atoms with Crippen molar-refractivity contribution in [3.8, 4) is 22.8 Å². The second-order valence-corrected chi connectivity index (χ2v) is 12.3. The first-order valence-corrected chi connectivity index (χ1v) is 14.4. The molecule has 2 atom stereocenters. The fourth-order valence-corrected chi connectivity index (χ4v) is 6.07. The van der Waals surface area contributed by atoms with Gasteiger partial charge in [0.25, 0.3) is 0 Å². The first-order chi connectivity index (χ1) is 19.0. The van der Waals surface area contributed by atoms with Crippen LogP contribution in [0.5, 0.6) is 11.6 Å². The van der Waals surface area contributed by atoms with E-state index in [9.17, 15) is 13.0 Å². The number of nitrogens with one attached hydrogen (secondary N) is 1. The van der Waals surface area contributed by atoms with Crippen LogP contribution in [0, 0.1) is 18.6 Å². The lowest BCUT2D eigenvalue weighted by Gasteiger charge is -2.35. The maximum absolute atomic E-state index is 14.5. The van der Waals surface area contributed by atoms with Gasteiger partial charge in [0.05, 0.1) is 33.9 Å². The van der Waals surface area contributed by atoms with Crippen LogP contribution in [0.2, 0.25) is 0 Å². The molecular formula is C29H30F2N4O4S. The molecule has 2 unspecified atom stereocenters. The molecule has 0 radical (unpaired) electrons. The van der Waals surface area contributed by atoms with Crippen LogP contribution in [0.15, 0.2) is 53.8 Å². The van der Waals surface area contributed by atoms with Crippen LogP contribution in [0.25, 0.3) is 22.0 Å². The number of rotatable bonds is 7. The van der Waals surface area contributed by atoms with Crippen molar-refractivity contribution in [1.82, 2.24) is 15.0 Å². The Morgan fingerprint density at radius 1 is 1.12 bits per heavy atom. The van der Waals surface area contributed by atoms with Gasteiger partial charge in [-0.15, -0.1) is 0 Å². The summed E-state index contributed by atoms with van der Waals surface area (Å²) in [5, 5.41) is 0.806. The average Bonchev–Trinajstić information content (AvgIpc) is 2.88. The zero-order chi connectivity index (χ0) is 28.7. The maximum atomic E-state index is 14.5. The molecule has 0 bridgehead atoms. The van der Waals surface area contributed by atoms with Gasteiger partial charge < -0.3 is 18.9 Å². The van der Waals surface area contributed by atoms with Crippen molar-refractivity contribution in [3.05, 3.63) is 66.3 Å². The Kier molecular flexibility index (Phi) is 7.36. The van der Waals surface area contributed by atoms with E-state index < -0.39 is 21.3 Å². The number of pyridine rings is 1. The first-order valence-electron chi connectivity index (χ1n) is 12.7. The van der Waals surface area contributed by atoms with Gasteiger partial charge in [0.15, 0.2) is 0 Å². The molecular weight excluding hydrogens is 538 g/mol. The van der Waals surface area contributed by atoms with Crippen LogP contribution in [0.1, 0.15) is 32.4 Å². The number of ether oxygens (including phenoxy) is 3. The molecule has 2 aromatic heterocycles. The van der Waals surface area contributed by atoms with E-state index in [-0.39, 0.29) is 28.2 Å². The monoisotopic (exact) mass is 568 g/mol. The lowest BCUT2D eigenvalue weighted by atomic mass is 9.95. The molecule has 5 rings (SSSR count). The molecule has 0 spiro atoms. The topological polar surface area (TPSA) is 95.5 Å². The van der Waals surface area contributed by atoms with Crippen LogP contribution in [0.3, 0.4) is 0 Å². The lowest BCUT2D eigenvalue weighted by molar-refractivity contribution is -0.0894. The van der Waals surface area contributed by atoms with Crippen molar-refractivity contribution in [2.75, 3.05) is 18.4 Å². The maximum Gasteiger partial charge on any atom is 0.238 e. The van der Waals surface area contributed by atoms with Gasteiger partial charge in [-0.2, -0.15) is 0 Å². The summed E-state index contributed by atoms with van der Waals surface area (Å²) in [5.41, 5.74) is 2.77. The van der Waals surface area contributed by atoms with Crippen LogP contribution in [-0.2, 0) is 14.4 Å². The number of fused-ring (bicyclic) bond motifs is 1. The molecule has 3 heterocycles. The van der Waals surface area contributed by atoms with Crippen molar-refractivity contribution in [3.63, 3.8) is 0 Å². The molecule has 210 valence electrons. The standard InChI is InChI=1S/C29H30F2N4O4S/c1-17-22-10-18(12-25(27(22)34-16-33-17)39-21-8-9-38-29(2,3)14-21)19-11-24(28(37-4)32-15-19)35-40(5,36)26-7-6-20(30)13-23(26)31/h6-7,10-13,15-16,21H,5,8-9,14H2,1-4H3,(H,35,36). The van der Waals surface area contributed by atoms with Crippen molar-refractivity contribution in [2.24, 2.45) is 0 Å². The third kappa shape index (κ3) is 5.71. The van der Waals surface area contributed by atoms with Gasteiger partial charge in [0.2, 0.25) is 5.88 Å². The summed E-state index contributed by atoms with van der Waals surface area (Å²) < 4.78 is 61.8. The molecule has 1 saturated heterocycles. The Balaban J connectivity index is 1.56. The molecule has 0 aliphatic carbocycles. The van der Waals surface area contributed by atoms with Gasteiger partial charge >= 0.3 is 0 Å². The predicted octanol–water partition coefficient (Wildman–Crippen LogP) is 5.73. The summed E-state index contributed by atoms with van der Waals surface area (Å²) in [5.74, 6) is 2.64. The number of anilines is 1. The molecule has 4 aromatic rings. The van der Waals surface area contributed by atoms with E-state index in [1.54, 1.807) is 12.3 Å². The zero-order valence-electron chi connectivity index (χ0n) is 22.7. The number of aryl methyl sites for hydroxylation is 1. The fourth-order valence-electron chi connectivity index (χ4n) is 4.79. The summed E-state index contributed by atoms with van der Waals surface area (Å²) in [6.45, 7) is 6.57. The zero-order valence-corrected chi connectivity index (χ0v) is 23.5. The number of hydrogen-bond acceptors (Lipinski definition) is 7. The SMILES string of the molecule is C=S(=O)(Nc1cc(-c2cc(OC3CCOC(C)(C)C3)c3ncnc(C)c3c2)cnc1OC)c1ccc(F)cc1F. The number of nitrogens with zero attached hydrogens (tertiary/aromatic N) is 3. The molecule has 0 saturated carbocycles. The summed E-state index contributed by atoms with van der Waals surface area (Å²) in [4.78, 5) is 13.0. The van der Waals surface area contributed by atoms with Crippen LogP contribution in [-0.4, -0.2) is 50.5 Å². The van der Waals surface area contributed by atoms with Crippen molar-refractivity contribution in [1.29, 1.82) is 0 Å². The van der Waals surface area contributed by atoms with E-state index in [4.69, 9.17) is 14.2 Å². The smallest absolute Gasteiger partial charge is 0.238 e. The molecule has 1 aliphatic rings. The molecule has 2 aromatic carbocycles. The van der Waals surface area contributed by atoms with E-state index in [0.29, 0.717) is 29.5 Å². The van der Waals surface area contributed by atoms with Gasteiger partial charge in [0, 0.05) is 41.7 Å². The summed E-state index contributed by atoms with van der Waals surface area (Å²) in [7, 11) is -2.03. The van der Waals surface area contributed by atoms with Gasteiger partial charge in [-0.1, -0.05) is 0 Å².